The molecule has 3 heterocycles. The number of epoxide rings is 1. The molecule has 0 radical (unpaired) electrons. The summed E-state index contributed by atoms with van der Waals surface area (Å²) >= 11 is 6.01. The molecule has 5 nitrogen and oxygen atoms in total. The third-order valence-electron chi connectivity index (χ3n) is 9.71. The zero-order valence-electron chi connectivity index (χ0n) is 19.1. The van der Waals surface area contributed by atoms with Crippen LogP contribution >= 0.6 is 11.6 Å². The first-order valence-electron chi connectivity index (χ1n) is 12.3. The van der Waals surface area contributed by atoms with Crippen LogP contribution in [0, 0.1) is 23.2 Å². The predicted octanol–water partition coefficient (Wildman–Crippen LogP) is 4.15. The van der Waals surface area contributed by atoms with E-state index in [9.17, 15) is 9.90 Å². The number of hydrogen-bond acceptors (Lipinski definition) is 5. The summed E-state index contributed by atoms with van der Waals surface area (Å²) in [4.78, 5) is 15.3. The van der Waals surface area contributed by atoms with E-state index in [4.69, 9.17) is 21.1 Å². The van der Waals surface area contributed by atoms with Crippen molar-refractivity contribution in [1.82, 2.24) is 4.90 Å². The number of benzene rings is 1. The van der Waals surface area contributed by atoms with E-state index in [-0.39, 0.29) is 41.0 Å². The maximum absolute atomic E-state index is 13.0. The van der Waals surface area contributed by atoms with Crippen molar-refractivity contribution in [2.24, 2.45) is 23.2 Å². The van der Waals surface area contributed by atoms with Crippen LogP contribution in [-0.2, 0) is 19.9 Å². The molecule has 7 atom stereocenters. The molecule has 3 aliphatic heterocycles. The molecule has 0 bridgehead atoms. The van der Waals surface area contributed by atoms with Gasteiger partial charge in [0, 0.05) is 36.0 Å². The lowest BCUT2D eigenvalue weighted by molar-refractivity contribution is -0.147. The maximum Gasteiger partial charge on any atom is 0.311 e. The van der Waals surface area contributed by atoms with Crippen molar-refractivity contribution in [2.75, 3.05) is 19.6 Å². The van der Waals surface area contributed by atoms with Crippen molar-refractivity contribution in [1.29, 1.82) is 0 Å². The van der Waals surface area contributed by atoms with Gasteiger partial charge >= 0.3 is 5.97 Å². The van der Waals surface area contributed by atoms with Gasteiger partial charge in [-0.3, -0.25) is 4.79 Å². The average molecular weight is 460 g/mol. The highest BCUT2D eigenvalue weighted by molar-refractivity contribution is 6.30. The second-order valence-electron chi connectivity index (χ2n) is 11.4. The SMILES string of the molecule is C[C@@H]1CCC[C@@]2(C)C[C@H]3OC(=O)[C@H](CN4CCC(O)(c5ccc(Cl)cc5)CC4)[C@@H]3[C@H]3O[C@@]132. The average Bonchev–Trinajstić information content (AvgIpc) is 3.44. The largest absolute Gasteiger partial charge is 0.462 e. The number of halogens is 1. The van der Waals surface area contributed by atoms with Gasteiger partial charge < -0.3 is 19.5 Å². The van der Waals surface area contributed by atoms with E-state index in [1.165, 1.54) is 19.3 Å². The molecule has 0 unspecified atom stereocenters. The van der Waals surface area contributed by atoms with E-state index in [2.05, 4.69) is 18.7 Å². The second kappa shape index (κ2) is 7.18. The normalized spacial score (nSPS) is 44.9. The molecule has 0 amide bonds. The fraction of sp³-hybridized carbons (Fsp3) is 0.731. The van der Waals surface area contributed by atoms with Gasteiger partial charge in [0.2, 0.25) is 0 Å². The first kappa shape index (κ1) is 21.4. The summed E-state index contributed by atoms with van der Waals surface area (Å²) in [5, 5.41) is 11.9. The number of rotatable bonds is 3. The molecule has 0 aromatic heterocycles. The fourth-order valence-electron chi connectivity index (χ4n) is 7.88. The summed E-state index contributed by atoms with van der Waals surface area (Å²) in [6.45, 7) is 6.95. The Hall–Kier alpha value is -1.14. The van der Waals surface area contributed by atoms with Gasteiger partial charge in [-0.15, -0.1) is 0 Å². The first-order chi connectivity index (χ1) is 15.3. The summed E-state index contributed by atoms with van der Waals surface area (Å²) in [6.07, 6.45) is 6.05. The third-order valence-corrected chi connectivity index (χ3v) is 9.97. The predicted molar refractivity (Wildman–Crippen MR) is 121 cm³/mol. The molecular formula is C26H34ClNO4. The molecule has 174 valence electrons. The van der Waals surface area contributed by atoms with E-state index < -0.39 is 5.60 Å². The standard InChI is InChI=1S/C26H34ClNO4/c1-16-4-3-9-24(2)14-20-21(22-26(16,24)32-22)19(23(29)31-20)15-28-12-10-25(30,11-13-28)17-5-7-18(27)8-6-17/h5-8,16,19-22,30H,3-4,9-15H2,1-2H3/t16-,19-,20-,21+,22-,24+,26+/m1/s1. The van der Waals surface area contributed by atoms with E-state index in [0.717, 1.165) is 25.1 Å². The molecule has 6 heteroatoms. The molecule has 1 N–H and O–H groups in total. The number of nitrogens with zero attached hydrogens (tertiary/aromatic N) is 1. The lowest BCUT2D eigenvalue weighted by atomic mass is 9.53. The van der Waals surface area contributed by atoms with Gasteiger partial charge in [0.05, 0.1) is 17.6 Å². The van der Waals surface area contributed by atoms with Gasteiger partial charge in [-0.05, 0) is 55.7 Å². The Morgan fingerprint density at radius 2 is 1.91 bits per heavy atom. The molecule has 2 aliphatic carbocycles. The highest BCUT2D eigenvalue weighted by Gasteiger charge is 2.78. The van der Waals surface area contributed by atoms with Crippen LogP contribution < -0.4 is 0 Å². The van der Waals surface area contributed by atoms with Crippen LogP contribution in [0.5, 0.6) is 0 Å². The number of hydrogen-bond donors (Lipinski definition) is 1. The van der Waals surface area contributed by atoms with Crippen LogP contribution in [-0.4, -0.2) is 53.4 Å². The summed E-state index contributed by atoms with van der Waals surface area (Å²) < 4.78 is 12.5. The Labute approximate surface area is 195 Å². The summed E-state index contributed by atoms with van der Waals surface area (Å²) in [5.74, 6) is 0.560. The quantitative estimate of drug-likeness (QED) is 0.543. The van der Waals surface area contributed by atoms with Crippen molar-refractivity contribution in [2.45, 2.75) is 75.8 Å². The summed E-state index contributed by atoms with van der Waals surface area (Å²) in [5.41, 5.74) is 0.183. The Kier molecular flexibility index (Phi) is 4.80. The Bertz CT molecular complexity index is 913. The number of esters is 1. The van der Waals surface area contributed by atoms with Crippen LogP contribution in [0.25, 0.3) is 0 Å². The van der Waals surface area contributed by atoms with Crippen LogP contribution in [0.3, 0.4) is 0 Å². The second-order valence-corrected chi connectivity index (χ2v) is 11.8. The first-order valence-corrected chi connectivity index (χ1v) is 12.7. The molecule has 6 rings (SSSR count). The third kappa shape index (κ3) is 2.97. The lowest BCUT2D eigenvalue weighted by Crippen LogP contribution is -2.55. The Morgan fingerprint density at radius 3 is 2.62 bits per heavy atom. The zero-order chi connectivity index (χ0) is 22.3. The number of ether oxygens (including phenoxy) is 2. The van der Waals surface area contributed by atoms with Crippen molar-refractivity contribution < 1.29 is 19.4 Å². The van der Waals surface area contributed by atoms with Gasteiger partial charge in [0.1, 0.15) is 11.7 Å². The number of carbonyl (C=O) groups excluding carboxylic acids is 1. The molecule has 1 aromatic carbocycles. The molecule has 2 saturated carbocycles. The van der Waals surface area contributed by atoms with Gasteiger partial charge in [0.15, 0.2) is 0 Å². The minimum atomic E-state index is -0.826. The van der Waals surface area contributed by atoms with E-state index in [1.54, 1.807) is 0 Å². The lowest BCUT2D eigenvalue weighted by Gasteiger charge is -2.49. The Morgan fingerprint density at radius 1 is 1.19 bits per heavy atom. The zero-order valence-corrected chi connectivity index (χ0v) is 19.8. The van der Waals surface area contributed by atoms with Crippen LogP contribution in [0.2, 0.25) is 5.02 Å². The van der Waals surface area contributed by atoms with Crippen molar-refractivity contribution in [3.8, 4) is 0 Å². The van der Waals surface area contributed by atoms with Crippen molar-refractivity contribution >= 4 is 17.6 Å². The van der Waals surface area contributed by atoms with Gasteiger partial charge in [-0.25, -0.2) is 0 Å². The fourth-order valence-corrected chi connectivity index (χ4v) is 8.00. The van der Waals surface area contributed by atoms with Gasteiger partial charge in [-0.2, -0.15) is 0 Å². The van der Waals surface area contributed by atoms with E-state index in [1.807, 2.05) is 24.3 Å². The molecule has 1 spiro atoms. The molecule has 5 fully saturated rings. The van der Waals surface area contributed by atoms with Crippen LogP contribution in [0.15, 0.2) is 24.3 Å². The van der Waals surface area contributed by atoms with Crippen molar-refractivity contribution in [3.63, 3.8) is 0 Å². The highest BCUT2D eigenvalue weighted by atomic mass is 35.5. The molecule has 32 heavy (non-hydrogen) atoms. The highest BCUT2D eigenvalue weighted by Crippen LogP contribution is 2.70. The van der Waals surface area contributed by atoms with Gasteiger partial charge in [-0.1, -0.05) is 44.0 Å². The molecule has 1 aromatic rings. The molecular weight excluding hydrogens is 426 g/mol. The maximum atomic E-state index is 13.0. The molecule has 5 aliphatic rings. The van der Waals surface area contributed by atoms with Gasteiger partial charge in [0.25, 0.3) is 0 Å². The monoisotopic (exact) mass is 459 g/mol. The minimum Gasteiger partial charge on any atom is -0.462 e. The van der Waals surface area contributed by atoms with E-state index >= 15 is 0 Å². The number of fused-ring (bicyclic) bond motifs is 2. The smallest absolute Gasteiger partial charge is 0.311 e. The molecule has 3 saturated heterocycles. The topological polar surface area (TPSA) is 62.3 Å². The number of carbonyl (C=O) groups is 1. The van der Waals surface area contributed by atoms with E-state index in [0.29, 0.717) is 30.3 Å². The number of piperidine rings is 1. The van der Waals surface area contributed by atoms with Crippen LogP contribution in [0.4, 0.5) is 0 Å². The summed E-state index contributed by atoms with van der Waals surface area (Å²) in [7, 11) is 0. The Balaban J connectivity index is 1.15. The number of likely N-dealkylation sites (tertiary alicyclic amines) is 1. The number of aliphatic hydroxyl groups is 1. The van der Waals surface area contributed by atoms with Crippen molar-refractivity contribution in [3.05, 3.63) is 34.9 Å². The minimum absolute atomic E-state index is 0.000727. The van der Waals surface area contributed by atoms with Crippen LogP contribution in [0.1, 0.15) is 57.9 Å². The summed E-state index contributed by atoms with van der Waals surface area (Å²) in [6, 6.07) is 7.52.